The van der Waals surface area contributed by atoms with Crippen molar-refractivity contribution >= 4 is 11.6 Å². The predicted octanol–water partition coefficient (Wildman–Crippen LogP) is 3.19. The summed E-state index contributed by atoms with van der Waals surface area (Å²) in [5.74, 6) is 1.91. The molecule has 1 heterocycles. The lowest BCUT2D eigenvalue weighted by atomic mass is 10.1. The van der Waals surface area contributed by atoms with Gasteiger partial charge in [0, 0.05) is 11.3 Å². The van der Waals surface area contributed by atoms with E-state index in [1.807, 2.05) is 62.4 Å². The monoisotopic (exact) mass is 350 g/mol. The zero-order chi connectivity index (χ0) is 18.4. The molecule has 0 unspecified atom stereocenters. The highest BCUT2D eigenvalue weighted by atomic mass is 16.5. The summed E-state index contributed by atoms with van der Waals surface area (Å²) in [4.78, 5) is 8.54. The number of H-pyrrole nitrogens is 1. The quantitative estimate of drug-likeness (QED) is 0.468. The summed E-state index contributed by atoms with van der Waals surface area (Å²) in [5, 5.41) is 9.80. The van der Waals surface area contributed by atoms with E-state index in [4.69, 9.17) is 10.5 Å². The molecule has 3 rings (SSSR count). The average Bonchev–Trinajstić information content (AvgIpc) is 3.16. The van der Waals surface area contributed by atoms with E-state index in [-0.39, 0.29) is 6.10 Å². The zero-order valence-corrected chi connectivity index (χ0v) is 14.8. The third-order valence-electron chi connectivity index (χ3n) is 3.55. The van der Waals surface area contributed by atoms with E-state index in [9.17, 15) is 0 Å². The number of nitrogens with two attached hydrogens (primary N) is 1. The molecule has 26 heavy (non-hydrogen) atoms. The average molecular weight is 350 g/mol. The molecule has 0 aliphatic heterocycles. The number of anilines is 1. The molecule has 0 fully saturated rings. The van der Waals surface area contributed by atoms with Crippen molar-refractivity contribution < 1.29 is 4.74 Å². The fraction of sp³-hybridized carbons (Fsp3) is 0.211. The number of aliphatic imine (C=N–C) groups is 1. The fourth-order valence-electron chi connectivity index (χ4n) is 2.41. The number of guanidine groups is 1. The minimum Gasteiger partial charge on any atom is -0.491 e. The van der Waals surface area contributed by atoms with E-state index in [0.29, 0.717) is 12.5 Å². The molecule has 0 spiro atoms. The first kappa shape index (κ1) is 17.5. The van der Waals surface area contributed by atoms with Crippen molar-refractivity contribution in [1.29, 1.82) is 0 Å². The maximum atomic E-state index is 5.98. The molecule has 0 aliphatic carbocycles. The Balaban J connectivity index is 1.61. The van der Waals surface area contributed by atoms with Gasteiger partial charge in [-0.15, -0.1) is 0 Å². The number of nitrogens with zero attached hydrogens (tertiary/aromatic N) is 3. The van der Waals surface area contributed by atoms with Crippen LogP contribution in [-0.2, 0) is 6.54 Å². The van der Waals surface area contributed by atoms with E-state index in [1.54, 1.807) is 0 Å². The Bertz CT molecular complexity index is 856. The number of ether oxygens (including phenoxy) is 1. The predicted molar refractivity (Wildman–Crippen MR) is 103 cm³/mol. The van der Waals surface area contributed by atoms with Gasteiger partial charge in [-0.05, 0) is 49.7 Å². The van der Waals surface area contributed by atoms with Crippen LogP contribution in [0.1, 0.15) is 19.4 Å². The molecule has 0 amide bonds. The number of nitrogens with one attached hydrogen (secondary N) is 2. The molecular weight excluding hydrogens is 328 g/mol. The van der Waals surface area contributed by atoms with Gasteiger partial charge in [0.05, 0.1) is 12.6 Å². The van der Waals surface area contributed by atoms with Crippen LogP contribution in [0.25, 0.3) is 11.4 Å². The van der Waals surface area contributed by atoms with Gasteiger partial charge in [0.15, 0.2) is 11.8 Å². The summed E-state index contributed by atoms with van der Waals surface area (Å²) in [5.41, 5.74) is 8.84. The zero-order valence-electron chi connectivity index (χ0n) is 14.8. The van der Waals surface area contributed by atoms with E-state index >= 15 is 0 Å². The molecule has 1 aromatic heterocycles. The number of aromatic nitrogens is 3. The second-order valence-corrected chi connectivity index (χ2v) is 6.05. The highest BCUT2D eigenvalue weighted by Crippen LogP contribution is 2.17. The van der Waals surface area contributed by atoms with E-state index in [0.717, 1.165) is 28.4 Å². The molecule has 0 atom stereocenters. The summed E-state index contributed by atoms with van der Waals surface area (Å²) in [6.07, 6.45) is 1.63. The third-order valence-corrected chi connectivity index (χ3v) is 3.55. The van der Waals surface area contributed by atoms with E-state index < -0.39 is 0 Å². The second-order valence-electron chi connectivity index (χ2n) is 6.05. The first-order valence-electron chi connectivity index (χ1n) is 8.38. The van der Waals surface area contributed by atoms with Crippen molar-refractivity contribution in [2.24, 2.45) is 10.7 Å². The normalized spacial score (nSPS) is 11.6. The third kappa shape index (κ3) is 4.83. The minimum absolute atomic E-state index is 0.146. The number of hydrogen-bond donors (Lipinski definition) is 3. The Morgan fingerprint density at radius 1 is 1.23 bits per heavy atom. The Kier molecular flexibility index (Phi) is 5.48. The number of rotatable bonds is 6. The largest absolute Gasteiger partial charge is 0.491 e. The SMILES string of the molecule is CC(C)Oc1ccc(NC(N)=NCc2cccc(-c3ncn[nH]3)c2)cc1. The van der Waals surface area contributed by atoms with Crippen molar-refractivity contribution in [2.45, 2.75) is 26.5 Å². The van der Waals surface area contributed by atoms with Crippen molar-refractivity contribution in [3.8, 4) is 17.1 Å². The van der Waals surface area contributed by atoms with Gasteiger partial charge in [0.2, 0.25) is 0 Å². The molecule has 134 valence electrons. The Labute approximate surface area is 152 Å². The Hall–Kier alpha value is -3.35. The lowest BCUT2D eigenvalue weighted by Crippen LogP contribution is -2.22. The Morgan fingerprint density at radius 2 is 2.04 bits per heavy atom. The van der Waals surface area contributed by atoms with Crippen LogP contribution in [0.3, 0.4) is 0 Å². The molecule has 2 aromatic carbocycles. The van der Waals surface area contributed by atoms with Gasteiger partial charge >= 0.3 is 0 Å². The van der Waals surface area contributed by atoms with Crippen molar-refractivity contribution in [3.63, 3.8) is 0 Å². The standard InChI is InChI=1S/C19H22N6O/c1-13(2)26-17-8-6-16(7-9-17)24-19(20)21-11-14-4-3-5-15(10-14)18-22-12-23-25-18/h3-10,12-13H,11H2,1-2H3,(H3,20,21,24)(H,22,23,25). The van der Waals surface area contributed by atoms with Crippen LogP contribution in [0.15, 0.2) is 59.9 Å². The van der Waals surface area contributed by atoms with Crippen LogP contribution < -0.4 is 15.8 Å². The van der Waals surface area contributed by atoms with Crippen molar-refractivity contribution in [2.75, 3.05) is 5.32 Å². The van der Waals surface area contributed by atoms with Crippen molar-refractivity contribution in [3.05, 3.63) is 60.4 Å². The van der Waals surface area contributed by atoms with Gasteiger partial charge in [-0.1, -0.05) is 18.2 Å². The van der Waals surface area contributed by atoms with E-state index in [1.165, 1.54) is 6.33 Å². The van der Waals surface area contributed by atoms with Crippen LogP contribution in [0.5, 0.6) is 5.75 Å². The van der Waals surface area contributed by atoms with E-state index in [2.05, 4.69) is 25.5 Å². The lowest BCUT2D eigenvalue weighted by Gasteiger charge is -2.11. The highest BCUT2D eigenvalue weighted by molar-refractivity contribution is 5.92. The summed E-state index contributed by atoms with van der Waals surface area (Å²) in [7, 11) is 0. The topological polar surface area (TPSA) is 101 Å². The van der Waals surface area contributed by atoms with Gasteiger partial charge in [-0.3, -0.25) is 5.10 Å². The molecule has 0 aliphatic rings. The molecule has 7 nitrogen and oxygen atoms in total. The Morgan fingerprint density at radius 3 is 2.73 bits per heavy atom. The maximum Gasteiger partial charge on any atom is 0.193 e. The van der Waals surface area contributed by atoms with Crippen LogP contribution >= 0.6 is 0 Å². The highest BCUT2D eigenvalue weighted by Gasteiger charge is 2.02. The van der Waals surface area contributed by atoms with Gasteiger partial charge in [0.25, 0.3) is 0 Å². The number of aromatic amines is 1. The molecule has 0 saturated carbocycles. The van der Waals surface area contributed by atoms with Gasteiger partial charge < -0.3 is 15.8 Å². The van der Waals surface area contributed by atoms with Crippen molar-refractivity contribution in [1.82, 2.24) is 15.2 Å². The fourth-order valence-corrected chi connectivity index (χ4v) is 2.41. The van der Waals surface area contributed by atoms with Gasteiger partial charge in [0.1, 0.15) is 12.1 Å². The molecule has 0 radical (unpaired) electrons. The molecule has 7 heteroatoms. The minimum atomic E-state index is 0.146. The first-order chi connectivity index (χ1) is 12.6. The van der Waals surface area contributed by atoms with Crippen LogP contribution in [-0.4, -0.2) is 27.2 Å². The summed E-state index contributed by atoms with van der Waals surface area (Å²) >= 11 is 0. The van der Waals surface area contributed by atoms with Crippen LogP contribution in [0, 0.1) is 0 Å². The maximum absolute atomic E-state index is 5.98. The smallest absolute Gasteiger partial charge is 0.193 e. The van der Waals surface area contributed by atoms with Crippen LogP contribution in [0.2, 0.25) is 0 Å². The molecule has 0 bridgehead atoms. The first-order valence-corrected chi connectivity index (χ1v) is 8.38. The lowest BCUT2D eigenvalue weighted by molar-refractivity contribution is 0.242. The summed E-state index contributed by atoms with van der Waals surface area (Å²) in [6.45, 7) is 4.46. The summed E-state index contributed by atoms with van der Waals surface area (Å²) < 4.78 is 5.62. The molecule has 4 N–H and O–H groups in total. The van der Waals surface area contributed by atoms with Gasteiger partial charge in [-0.2, -0.15) is 5.10 Å². The second kappa shape index (κ2) is 8.15. The van der Waals surface area contributed by atoms with Crippen LogP contribution in [0.4, 0.5) is 5.69 Å². The number of benzene rings is 2. The molecule has 3 aromatic rings. The summed E-state index contributed by atoms with van der Waals surface area (Å²) in [6, 6.07) is 15.5. The van der Waals surface area contributed by atoms with Gasteiger partial charge in [-0.25, -0.2) is 9.98 Å². The number of hydrogen-bond acceptors (Lipinski definition) is 4. The molecule has 0 saturated heterocycles. The molecular formula is C19H22N6O.